The van der Waals surface area contributed by atoms with Crippen molar-refractivity contribution in [2.24, 2.45) is 0 Å². The molecule has 6 nitrogen and oxygen atoms in total. The van der Waals surface area contributed by atoms with Crippen molar-refractivity contribution in [1.82, 2.24) is 14.6 Å². The van der Waals surface area contributed by atoms with Crippen LogP contribution < -0.4 is 4.90 Å². The van der Waals surface area contributed by atoms with Gasteiger partial charge in [-0.05, 0) is 36.6 Å². The Labute approximate surface area is 139 Å². The van der Waals surface area contributed by atoms with E-state index >= 15 is 0 Å². The highest BCUT2D eigenvalue weighted by atomic mass is 16.3. The molecule has 24 heavy (non-hydrogen) atoms. The van der Waals surface area contributed by atoms with Gasteiger partial charge in [-0.15, -0.1) is 0 Å². The lowest BCUT2D eigenvalue weighted by atomic mass is 10.1. The van der Waals surface area contributed by atoms with Crippen molar-refractivity contribution in [2.75, 3.05) is 18.0 Å². The van der Waals surface area contributed by atoms with Crippen molar-refractivity contribution >= 4 is 11.5 Å². The third kappa shape index (κ3) is 2.49. The molecule has 1 N–H and O–H groups in total. The molecule has 0 radical (unpaired) electrons. The standard InChI is InChI=1S/C18H17N5O/c19-11-13-1-3-14(4-2-13)16-12-21-23-17(5-8-20-18(16)23)22-9-6-15(24)7-10-22/h1-5,8,12,15,24H,6-7,9-10H2. The second kappa shape index (κ2) is 5.95. The molecule has 4 rings (SSSR count). The summed E-state index contributed by atoms with van der Waals surface area (Å²) in [6.07, 6.45) is 4.95. The van der Waals surface area contributed by atoms with Crippen LogP contribution in [-0.4, -0.2) is 38.9 Å². The fraction of sp³-hybridized carbons (Fsp3) is 0.278. The molecule has 0 atom stereocenters. The van der Waals surface area contributed by atoms with E-state index in [-0.39, 0.29) is 6.10 Å². The minimum Gasteiger partial charge on any atom is -0.393 e. The SMILES string of the molecule is N#Cc1ccc(-c2cnn3c(N4CCC(O)CC4)ccnc23)cc1. The Morgan fingerprint density at radius 1 is 1.12 bits per heavy atom. The van der Waals surface area contributed by atoms with Crippen LogP contribution in [0.1, 0.15) is 18.4 Å². The number of benzene rings is 1. The molecule has 2 aromatic heterocycles. The third-order valence-corrected chi connectivity index (χ3v) is 4.49. The van der Waals surface area contributed by atoms with E-state index in [4.69, 9.17) is 5.26 Å². The van der Waals surface area contributed by atoms with Gasteiger partial charge in [0.2, 0.25) is 0 Å². The fourth-order valence-corrected chi connectivity index (χ4v) is 3.14. The van der Waals surface area contributed by atoms with Crippen LogP contribution in [0.25, 0.3) is 16.8 Å². The number of fused-ring (bicyclic) bond motifs is 1. The average molecular weight is 319 g/mol. The van der Waals surface area contributed by atoms with Crippen LogP contribution in [0.2, 0.25) is 0 Å². The first kappa shape index (κ1) is 14.7. The van der Waals surface area contributed by atoms with Crippen LogP contribution in [0.4, 0.5) is 5.82 Å². The molecule has 0 saturated carbocycles. The van der Waals surface area contributed by atoms with Gasteiger partial charge in [-0.3, -0.25) is 0 Å². The molecular formula is C18H17N5O. The first-order chi connectivity index (χ1) is 11.8. The van der Waals surface area contributed by atoms with Crippen molar-refractivity contribution in [3.63, 3.8) is 0 Å². The monoisotopic (exact) mass is 319 g/mol. The van der Waals surface area contributed by atoms with Crippen molar-refractivity contribution in [1.29, 1.82) is 5.26 Å². The summed E-state index contributed by atoms with van der Waals surface area (Å²) in [5, 5.41) is 23.1. The van der Waals surface area contributed by atoms with Gasteiger partial charge >= 0.3 is 0 Å². The zero-order chi connectivity index (χ0) is 16.5. The van der Waals surface area contributed by atoms with Gasteiger partial charge < -0.3 is 10.0 Å². The molecule has 0 aliphatic carbocycles. The number of rotatable bonds is 2. The largest absolute Gasteiger partial charge is 0.393 e. The summed E-state index contributed by atoms with van der Waals surface area (Å²) < 4.78 is 1.85. The number of aliphatic hydroxyl groups is 1. The van der Waals surface area contributed by atoms with Crippen LogP contribution >= 0.6 is 0 Å². The first-order valence-corrected chi connectivity index (χ1v) is 8.02. The molecular weight excluding hydrogens is 302 g/mol. The number of aliphatic hydroxyl groups excluding tert-OH is 1. The van der Waals surface area contributed by atoms with E-state index in [1.54, 1.807) is 18.3 Å². The van der Waals surface area contributed by atoms with Crippen molar-refractivity contribution < 1.29 is 5.11 Å². The van der Waals surface area contributed by atoms with E-state index < -0.39 is 0 Å². The third-order valence-electron chi connectivity index (χ3n) is 4.49. The zero-order valence-corrected chi connectivity index (χ0v) is 13.1. The predicted octanol–water partition coefficient (Wildman–Crippen LogP) is 2.23. The van der Waals surface area contributed by atoms with Gasteiger partial charge in [-0.25, -0.2) is 4.98 Å². The van der Waals surface area contributed by atoms with Gasteiger partial charge in [0.05, 0.1) is 23.9 Å². The van der Waals surface area contributed by atoms with Crippen LogP contribution in [0.15, 0.2) is 42.7 Å². The van der Waals surface area contributed by atoms with Crippen LogP contribution in [0.5, 0.6) is 0 Å². The van der Waals surface area contributed by atoms with Gasteiger partial charge in [0.25, 0.3) is 0 Å². The normalized spacial score (nSPS) is 15.6. The van der Waals surface area contributed by atoms with Crippen LogP contribution in [0.3, 0.4) is 0 Å². The van der Waals surface area contributed by atoms with Gasteiger partial charge in [0, 0.05) is 24.8 Å². The minimum atomic E-state index is -0.203. The average Bonchev–Trinajstić information content (AvgIpc) is 3.07. The predicted molar refractivity (Wildman–Crippen MR) is 90.6 cm³/mol. The molecule has 1 fully saturated rings. The Hall–Kier alpha value is -2.91. The smallest absolute Gasteiger partial charge is 0.165 e. The van der Waals surface area contributed by atoms with Crippen LogP contribution in [-0.2, 0) is 0 Å². The van der Waals surface area contributed by atoms with Gasteiger partial charge in [-0.1, -0.05) is 12.1 Å². The number of piperidine rings is 1. The molecule has 1 aliphatic heterocycles. The Morgan fingerprint density at radius 2 is 1.88 bits per heavy atom. The maximum absolute atomic E-state index is 9.70. The summed E-state index contributed by atoms with van der Waals surface area (Å²) in [5.41, 5.74) is 3.36. The highest BCUT2D eigenvalue weighted by molar-refractivity contribution is 5.78. The molecule has 1 aliphatic rings. The number of nitrogens with zero attached hydrogens (tertiary/aromatic N) is 5. The number of hydrogen-bond acceptors (Lipinski definition) is 5. The highest BCUT2D eigenvalue weighted by Crippen LogP contribution is 2.27. The van der Waals surface area contributed by atoms with Crippen molar-refractivity contribution in [2.45, 2.75) is 18.9 Å². The van der Waals surface area contributed by atoms with Gasteiger partial charge in [0.1, 0.15) is 5.82 Å². The minimum absolute atomic E-state index is 0.203. The molecule has 1 aromatic carbocycles. The van der Waals surface area contributed by atoms with E-state index in [1.807, 2.05) is 28.9 Å². The lowest BCUT2D eigenvalue weighted by molar-refractivity contribution is 0.145. The molecule has 0 unspecified atom stereocenters. The maximum Gasteiger partial charge on any atom is 0.165 e. The van der Waals surface area contributed by atoms with E-state index in [2.05, 4.69) is 21.1 Å². The molecule has 120 valence electrons. The second-order valence-electron chi connectivity index (χ2n) is 6.00. The highest BCUT2D eigenvalue weighted by Gasteiger charge is 2.20. The summed E-state index contributed by atoms with van der Waals surface area (Å²) in [5.74, 6) is 0.992. The summed E-state index contributed by atoms with van der Waals surface area (Å²) >= 11 is 0. The zero-order valence-electron chi connectivity index (χ0n) is 13.1. The molecule has 1 saturated heterocycles. The Kier molecular flexibility index (Phi) is 3.63. The number of nitriles is 1. The number of hydrogen-bond donors (Lipinski definition) is 1. The van der Waals surface area contributed by atoms with Crippen molar-refractivity contribution in [3.8, 4) is 17.2 Å². The summed E-state index contributed by atoms with van der Waals surface area (Å²) in [4.78, 5) is 6.72. The Bertz CT molecular complexity index is 901. The summed E-state index contributed by atoms with van der Waals surface area (Å²) in [7, 11) is 0. The van der Waals surface area contributed by atoms with E-state index in [1.165, 1.54) is 0 Å². The molecule has 0 spiro atoms. The molecule has 0 amide bonds. The Balaban J connectivity index is 1.74. The van der Waals surface area contributed by atoms with E-state index in [0.29, 0.717) is 5.56 Å². The fourth-order valence-electron chi connectivity index (χ4n) is 3.14. The van der Waals surface area contributed by atoms with Gasteiger partial charge in [0.15, 0.2) is 5.65 Å². The molecule has 3 heterocycles. The van der Waals surface area contributed by atoms with Gasteiger partial charge in [-0.2, -0.15) is 14.9 Å². The molecule has 0 bridgehead atoms. The topological polar surface area (TPSA) is 77.5 Å². The Morgan fingerprint density at radius 3 is 2.58 bits per heavy atom. The lowest BCUT2D eigenvalue weighted by Gasteiger charge is -2.31. The van der Waals surface area contributed by atoms with Crippen LogP contribution in [0, 0.1) is 11.3 Å². The molecule has 3 aromatic rings. The second-order valence-corrected chi connectivity index (χ2v) is 6.00. The first-order valence-electron chi connectivity index (χ1n) is 8.02. The summed E-state index contributed by atoms with van der Waals surface area (Å²) in [6.45, 7) is 1.62. The number of anilines is 1. The van der Waals surface area contributed by atoms with E-state index in [0.717, 1.165) is 48.5 Å². The molecule has 6 heteroatoms. The summed E-state index contributed by atoms with van der Waals surface area (Å²) in [6, 6.07) is 11.5. The van der Waals surface area contributed by atoms with Crippen molar-refractivity contribution in [3.05, 3.63) is 48.3 Å². The van der Waals surface area contributed by atoms with E-state index in [9.17, 15) is 5.11 Å². The number of aromatic nitrogens is 3. The quantitative estimate of drug-likeness (QED) is 0.784. The lowest BCUT2D eigenvalue weighted by Crippen LogP contribution is -2.36. The maximum atomic E-state index is 9.70.